The topological polar surface area (TPSA) is 65.0 Å². The van der Waals surface area contributed by atoms with Crippen molar-refractivity contribution >= 4 is 17.7 Å². The molecule has 2 aromatic rings. The minimum Gasteiger partial charge on any atom is -0.426 e. The Kier molecular flexibility index (Phi) is 5.25. The predicted octanol–water partition coefficient (Wildman–Crippen LogP) is 3.24. The van der Waals surface area contributed by atoms with Crippen LogP contribution in [0, 0.1) is 6.92 Å². The molecular weight excluding hydrogens is 294 g/mol. The number of aryl methyl sites for hydroxylation is 1. The van der Waals surface area contributed by atoms with Crippen molar-refractivity contribution in [3.8, 4) is 5.75 Å². The van der Waals surface area contributed by atoms with Crippen LogP contribution in [0.1, 0.15) is 30.5 Å². The lowest BCUT2D eigenvalue weighted by Gasteiger charge is -2.12. The van der Waals surface area contributed by atoms with Crippen molar-refractivity contribution in [3.63, 3.8) is 0 Å². The van der Waals surface area contributed by atoms with Gasteiger partial charge in [0.2, 0.25) is 0 Å². The molecule has 0 spiro atoms. The van der Waals surface area contributed by atoms with Crippen molar-refractivity contribution < 1.29 is 19.2 Å². The molecule has 0 atom stereocenters. The van der Waals surface area contributed by atoms with E-state index < -0.39 is 11.9 Å². The van der Waals surface area contributed by atoms with Crippen LogP contribution in [0.25, 0.3) is 0 Å². The molecule has 23 heavy (non-hydrogen) atoms. The van der Waals surface area contributed by atoms with E-state index in [1.165, 1.54) is 13.8 Å². The predicted molar refractivity (Wildman–Crippen MR) is 86.3 cm³/mol. The van der Waals surface area contributed by atoms with Crippen molar-refractivity contribution in [2.24, 2.45) is 5.16 Å². The molecule has 0 aliphatic carbocycles. The van der Waals surface area contributed by atoms with Gasteiger partial charge in [-0.25, -0.2) is 4.79 Å². The first kappa shape index (κ1) is 16.4. The Morgan fingerprint density at radius 1 is 0.957 bits per heavy atom. The van der Waals surface area contributed by atoms with Gasteiger partial charge in [-0.3, -0.25) is 4.79 Å². The first-order valence-electron chi connectivity index (χ1n) is 7.08. The van der Waals surface area contributed by atoms with E-state index in [9.17, 15) is 9.59 Å². The average molecular weight is 311 g/mol. The first-order chi connectivity index (χ1) is 11.0. The fourth-order valence-electron chi connectivity index (χ4n) is 2.04. The quantitative estimate of drug-likeness (QED) is 0.286. The highest BCUT2D eigenvalue weighted by Gasteiger charge is 2.16. The lowest BCUT2D eigenvalue weighted by molar-refractivity contribution is -0.141. The van der Waals surface area contributed by atoms with Crippen LogP contribution in [-0.4, -0.2) is 17.7 Å². The molecule has 0 saturated carbocycles. The smallest absolute Gasteiger partial charge is 0.332 e. The lowest BCUT2D eigenvalue weighted by atomic mass is 10.00. The Bertz CT molecular complexity index is 751. The number of rotatable bonds is 4. The largest absolute Gasteiger partial charge is 0.426 e. The van der Waals surface area contributed by atoms with Crippen LogP contribution in [0.3, 0.4) is 0 Å². The standard InChI is InChI=1S/C18H17NO4/c1-12-9-10-17(22-13(2)20)16(11-12)18(19-23-14(3)21)15-7-5-4-6-8-15/h4-11H,1-3H3/b19-18+. The van der Waals surface area contributed by atoms with Crippen LogP contribution in [0.15, 0.2) is 53.7 Å². The van der Waals surface area contributed by atoms with Crippen LogP contribution in [0.2, 0.25) is 0 Å². The van der Waals surface area contributed by atoms with E-state index in [1.807, 2.05) is 49.4 Å². The Morgan fingerprint density at radius 2 is 1.65 bits per heavy atom. The molecule has 2 aromatic carbocycles. The average Bonchev–Trinajstić information content (AvgIpc) is 2.50. The summed E-state index contributed by atoms with van der Waals surface area (Å²) >= 11 is 0. The van der Waals surface area contributed by atoms with Crippen molar-refractivity contribution in [1.82, 2.24) is 0 Å². The summed E-state index contributed by atoms with van der Waals surface area (Å²) in [6.45, 7) is 4.51. The van der Waals surface area contributed by atoms with Gasteiger partial charge < -0.3 is 9.57 Å². The normalized spacial score (nSPS) is 11.0. The number of benzene rings is 2. The van der Waals surface area contributed by atoms with Crippen LogP contribution in [0.5, 0.6) is 5.75 Å². The third-order valence-corrected chi connectivity index (χ3v) is 2.96. The summed E-state index contributed by atoms with van der Waals surface area (Å²) in [5, 5.41) is 3.95. The number of carbonyl (C=O) groups excluding carboxylic acids is 2. The molecule has 5 nitrogen and oxygen atoms in total. The van der Waals surface area contributed by atoms with Gasteiger partial charge in [-0.05, 0) is 19.1 Å². The Balaban J connectivity index is 2.59. The van der Waals surface area contributed by atoms with E-state index >= 15 is 0 Å². The molecule has 2 rings (SSSR count). The lowest BCUT2D eigenvalue weighted by Crippen LogP contribution is -2.11. The first-order valence-corrected chi connectivity index (χ1v) is 7.08. The third-order valence-electron chi connectivity index (χ3n) is 2.96. The Hall–Kier alpha value is -2.95. The fourth-order valence-corrected chi connectivity index (χ4v) is 2.04. The van der Waals surface area contributed by atoms with Crippen molar-refractivity contribution in [3.05, 3.63) is 65.2 Å². The van der Waals surface area contributed by atoms with E-state index in [1.54, 1.807) is 6.07 Å². The fraction of sp³-hybridized carbons (Fsp3) is 0.167. The number of hydrogen-bond acceptors (Lipinski definition) is 5. The second-order valence-corrected chi connectivity index (χ2v) is 4.98. The summed E-state index contributed by atoms with van der Waals surface area (Å²) in [5.74, 6) is -0.604. The zero-order chi connectivity index (χ0) is 16.8. The highest BCUT2D eigenvalue weighted by molar-refractivity contribution is 6.14. The number of esters is 1. The van der Waals surface area contributed by atoms with Gasteiger partial charge in [0, 0.05) is 25.0 Å². The number of oxime groups is 1. The van der Waals surface area contributed by atoms with E-state index in [2.05, 4.69) is 5.16 Å². The molecule has 0 aliphatic rings. The van der Waals surface area contributed by atoms with E-state index in [0.717, 1.165) is 11.1 Å². The highest BCUT2D eigenvalue weighted by atomic mass is 16.7. The van der Waals surface area contributed by atoms with Gasteiger partial charge in [-0.15, -0.1) is 0 Å². The highest BCUT2D eigenvalue weighted by Crippen LogP contribution is 2.24. The van der Waals surface area contributed by atoms with Gasteiger partial charge in [0.05, 0.1) is 0 Å². The third kappa shape index (κ3) is 4.51. The number of carbonyl (C=O) groups is 2. The molecular formula is C18H17NO4. The molecule has 0 radical (unpaired) electrons. The molecule has 0 unspecified atom stereocenters. The molecule has 0 bridgehead atoms. The Labute approximate surface area is 134 Å². The van der Waals surface area contributed by atoms with Crippen LogP contribution in [0.4, 0.5) is 0 Å². The Morgan fingerprint density at radius 3 is 2.26 bits per heavy atom. The summed E-state index contributed by atoms with van der Waals surface area (Å²) in [6, 6.07) is 14.6. The summed E-state index contributed by atoms with van der Waals surface area (Å²) in [6.07, 6.45) is 0. The van der Waals surface area contributed by atoms with Crippen LogP contribution in [-0.2, 0) is 14.4 Å². The number of hydrogen-bond donors (Lipinski definition) is 0. The zero-order valence-electron chi connectivity index (χ0n) is 13.2. The summed E-state index contributed by atoms with van der Waals surface area (Å²) < 4.78 is 5.25. The van der Waals surface area contributed by atoms with Gasteiger partial charge in [0.25, 0.3) is 0 Å². The second-order valence-electron chi connectivity index (χ2n) is 4.98. The van der Waals surface area contributed by atoms with Crippen molar-refractivity contribution in [1.29, 1.82) is 0 Å². The molecule has 0 fully saturated rings. The zero-order valence-corrected chi connectivity index (χ0v) is 13.2. The van der Waals surface area contributed by atoms with E-state index in [0.29, 0.717) is 17.0 Å². The number of nitrogens with zero attached hydrogens (tertiary/aromatic N) is 1. The molecule has 0 N–H and O–H groups in total. The maximum Gasteiger partial charge on any atom is 0.332 e. The molecule has 0 heterocycles. The minimum atomic E-state index is -0.528. The maximum atomic E-state index is 11.3. The number of ether oxygens (including phenoxy) is 1. The van der Waals surface area contributed by atoms with Gasteiger partial charge >= 0.3 is 11.9 Å². The van der Waals surface area contributed by atoms with Crippen molar-refractivity contribution in [2.75, 3.05) is 0 Å². The van der Waals surface area contributed by atoms with Gasteiger partial charge in [0.15, 0.2) is 0 Å². The SMILES string of the molecule is CC(=O)O/N=C(\c1ccccc1)c1cc(C)ccc1OC(C)=O. The molecule has 0 aliphatic heterocycles. The van der Waals surface area contributed by atoms with Gasteiger partial charge in [-0.1, -0.05) is 47.1 Å². The van der Waals surface area contributed by atoms with Crippen LogP contribution >= 0.6 is 0 Å². The van der Waals surface area contributed by atoms with Gasteiger partial charge in [-0.2, -0.15) is 0 Å². The van der Waals surface area contributed by atoms with E-state index in [-0.39, 0.29) is 0 Å². The monoisotopic (exact) mass is 311 g/mol. The van der Waals surface area contributed by atoms with E-state index in [4.69, 9.17) is 9.57 Å². The molecule has 118 valence electrons. The molecule has 0 saturated heterocycles. The molecule has 0 aromatic heterocycles. The van der Waals surface area contributed by atoms with Crippen molar-refractivity contribution in [2.45, 2.75) is 20.8 Å². The minimum absolute atomic E-state index is 0.359. The summed E-state index contributed by atoms with van der Waals surface area (Å²) in [5.41, 5.74) is 2.70. The van der Waals surface area contributed by atoms with Gasteiger partial charge in [0.1, 0.15) is 11.5 Å². The summed E-state index contributed by atoms with van der Waals surface area (Å²) in [7, 11) is 0. The molecule has 0 amide bonds. The second kappa shape index (κ2) is 7.35. The molecule has 5 heteroatoms. The van der Waals surface area contributed by atoms with Crippen LogP contribution < -0.4 is 4.74 Å². The summed E-state index contributed by atoms with van der Waals surface area (Å²) in [4.78, 5) is 27.3. The maximum absolute atomic E-state index is 11.3.